The van der Waals surface area contributed by atoms with Gasteiger partial charge in [-0.2, -0.15) is 9.78 Å². The first-order valence-electron chi connectivity index (χ1n) is 10.5. The van der Waals surface area contributed by atoms with Crippen molar-refractivity contribution in [1.29, 1.82) is 0 Å². The van der Waals surface area contributed by atoms with Crippen LogP contribution in [-0.2, 0) is 14.3 Å². The molecule has 0 atom stereocenters. The molecule has 0 saturated carbocycles. The SMILES string of the molecule is COc1cc(NC(C)=O)c(C(=O)OCC(=O)Nc2cc(C)nn2-c2nc(C)cc(C)n2)cc1OC. The van der Waals surface area contributed by atoms with E-state index in [1.807, 2.05) is 19.9 Å². The van der Waals surface area contributed by atoms with Crippen molar-refractivity contribution in [2.75, 3.05) is 31.5 Å². The Morgan fingerprint density at radius 1 is 0.886 bits per heavy atom. The molecular weight excluding hydrogens is 456 g/mol. The topological polar surface area (TPSA) is 147 Å². The zero-order chi connectivity index (χ0) is 25.7. The maximum absolute atomic E-state index is 12.8. The Morgan fingerprint density at radius 3 is 2.11 bits per heavy atom. The van der Waals surface area contributed by atoms with Gasteiger partial charge in [0.1, 0.15) is 5.82 Å². The molecule has 0 aliphatic carbocycles. The number of carbonyl (C=O) groups is 3. The molecule has 3 aromatic rings. The highest BCUT2D eigenvalue weighted by Crippen LogP contribution is 2.33. The smallest absolute Gasteiger partial charge is 0.340 e. The molecule has 12 nitrogen and oxygen atoms in total. The molecular formula is C23H26N6O6. The van der Waals surface area contributed by atoms with Crippen molar-refractivity contribution in [3.63, 3.8) is 0 Å². The van der Waals surface area contributed by atoms with Gasteiger partial charge in [-0.1, -0.05) is 0 Å². The molecule has 2 heterocycles. The Hall–Kier alpha value is -4.48. The van der Waals surface area contributed by atoms with Crippen LogP contribution in [0.1, 0.15) is 34.4 Å². The molecule has 0 fully saturated rings. The van der Waals surface area contributed by atoms with Crippen LogP contribution in [0.2, 0.25) is 0 Å². The van der Waals surface area contributed by atoms with Gasteiger partial charge < -0.3 is 24.8 Å². The van der Waals surface area contributed by atoms with Crippen molar-refractivity contribution in [3.8, 4) is 17.4 Å². The van der Waals surface area contributed by atoms with E-state index in [9.17, 15) is 14.4 Å². The van der Waals surface area contributed by atoms with Crippen molar-refractivity contribution in [2.24, 2.45) is 0 Å². The number of nitrogens with one attached hydrogen (secondary N) is 2. The minimum absolute atomic E-state index is 0.00447. The average molecular weight is 482 g/mol. The van der Waals surface area contributed by atoms with Gasteiger partial charge in [0.25, 0.3) is 11.9 Å². The molecule has 0 bridgehead atoms. The highest BCUT2D eigenvalue weighted by molar-refractivity contribution is 6.02. The van der Waals surface area contributed by atoms with Crippen LogP contribution in [0.15, 0.2) is 24.3 Å². The molecule has 3 rings (SSSR count). The summed E-state index contributed by atoms with van der Waals surface area (Å²) in [4.78, 5) is 45.6. The van der Waals surface area contributed by atoms with E-state index >= 15 is 0 Å². The lowest BCUT2D eigenvalue weighted by Crippen LogP contribution is -2.23. The molecule has 12 heteroatoms. The summed E-state index contributed by atoms with van der Waals surface area (Å²) >= 11 is 0. The summed E-state index contributed by atoms with van der Waals surface area (Å²) in [6.07, 6.45) is 0. The molecule has 2 amide bonds. The summed E-state index contributed by atoms with van der Waals surface area (Å²) in [5, 5.41) is 9.53. The first-order valence-corrected chi connectivity index (χ1v) is 10.5. The maximum Gasteiger partial charge on any atom is 0.340 e. The lowest BCUT2D eigenvalue weighted by atomic mass is 10.1. The van der Waals surface area contributed by atoms with Crippen LogP contribution in [0.25, 0.3) is 5.95 Å². The zero-order valence-electron chi connectivity index (χ0n) is 20.3. The number of nitrogens with zero attached hydrogens (tertiary/aromatic N) is 4. The van der Waals surface area contributed by atoms with Crippen LogP contribution in [0.4, 0.5) is 11.5 Å². The fourth-order valence-electron chi connectivity index (χ4n) is 3.27. The zero-order valence-corrected chi connectivity index (χ0v) is 20.3. The number of ether oxygens (including phenoxy) is 3. The van der Waals surface area contributed by atoms with Crippen LogP contribution in [0.5, 0.6) is 11.5 Å². The van der Waals surface area contributed by atoms with E-state index in [-0.39, 0.29) is 17.0 Å². The molecule has 184 valence electrons. The molecule has 35 heavy (non-hydrogen) atoms. The van der Waals surface area contributed by atoms with E-state index in [4.69, 9.17) is 14.2 Å². The first kappa shape index (κ1) is 25.1. The van der Waals surface area contributed by atoms with E-state index < -0.39 is 24.4 Å². The predicted octanol–water partition coefficient (Wildman–Crippen LogP) is 2.36. The Balaban J connectivity index is 1.77. The van der Waals surface area contributed by atoms with Gasteiger partial charge >= 0.3 is 5.97 Å². The number of hydrogen-bond donors (Lipinski definition) is 2. The third kappa shape index (κ3) is 6.10. The van der Waals surface area contributed by atoms with Crippen LogP contribution in [0.3, 0.4) is 0 Å². The second-order valence-corrected chi connectivity index (χ2v) is 7.59. The van der Waals surface area contributed by atoms with Crippen molar-refractivity contribution in [2.45, 2.75) is 27.7 Å². The van der Waals surface area contributed by atoms with E-state index in [2.05, 4.69) is 25.7 Å². The van der Waals surface area contributed by atoms with E-state index in [0.29, 0.717) is 23.2 Å². The van der Waals surface area contributed by atoms with Crippen LogP contribution < -0.4 is 20.1 Å². The summed E-state index contributed by atoms with van der Waals surface area (Å²) in [5.41, 5.74) is 2.27. The molecule has 0 aliphatic rings. The van der Waals surface area contributed by atoms with Crippen LogP contribution >= 0.6 is 0 Å². The van der Waals surface area contributed by atoms with Crippen molar-refractivity contribution < 1.29 is 28.6 Å². The van der Waals surface area contributed by atoms with Gasteiger partial charge in [-0.25, -0.2) is 14.8 Å². The number of amides is 2. The molecule has 2 N–H and O–H groups in total. The monoisotopic (exact) mass is 482 g/mol. The molecule has 0 radical (unpaired) electrons. The van der Waals surface area contributed by atoms with Gasteiger partial charge in [-0.3, -0.25) is 9.59 Å². The van der Waals surface area contributed by atoms with Crippen molar-refractivity contribution in [1.82, 2.24) is 19.7 Å². The summed E-state index contributed by atoms with van der Waals surface area (Å²) in [6, 6.07) is 6.26. The number of benzene rings is 1. The fourth-order valence-corrected chi connectivity index (χ4v) is 3.27. The number of aryl methyl sites for hydroxylation is 3. The van der Waals surface area contributed by atoms with Crippen LogP contribution in [0, 0.1) is 20.8 Å². The summed E-state index contributed by atoms with van der Waals surface area (Å²) in [6.45, 7) is 6.12. The maximum atomic E-state index is 12.8. The van der Waals surface area contributed by atoms with Crippen LogP contribution in [-0.4, -0.2) is 58.4 Å². The minimum atomic E-state index is -0.841. The van der Waals surface area contributed by atoms with E-state index in [0.717, 1.165) is 11.4 Å². The van der Waals surface area contributed by atoms with Gasteiger partial charge in [0.15, 0.2) is 18.1 Å². The summed E-state index contributed by atoms with van der Waals surface area (Å²) in [7, 11) is 2.83. The number of aromatic nitrogens is 4. The molecule has 0 saturated heterocycles. The van der Waals surface area contributed by atoms with Crippen molar-refractivity contribution >= 4 is 29.3 Å². The molecule has 0 aliphatic heterocycles. The largest absolute Gasteiger partial charge is 0.493 e. The second-order valence-electron chi connectivity index (χ2n) is 7.59. The average Bonchev–Trinajstić information content (AvgIpc) is 3.15. The Morgan fingerprint density at radius 2 is 1.51 bits per heavy atom. The number of anilines is 2. The second kappa shape index (κ2) is 10.6. The van der Waals surface area contributed by atoms with Gasteiger partial charge in [0.2, 0.25) is 5.91 Å². The number of methoxy groups -OCH3 is 2. The number of carbonyl (C=O) groups excluding carboxylic acids is 3. The third-order valence-corrected chi connectivity index (χ3v) is 4.65. The van der Waals surface area contributed by atoms with Gasteiger partial charge in [0.05, 0.1) is 31.2 Å². The lowest BCUT2D eigenvalue weighted by Gasteiger charge is -2.14. The fraction of sp³-hybridized carbons (Fsp3) is 0.304. The Bertz CT molecular complexity index is 1270. The highest BCUT2D eigenvalue weighted by atomic mass is 16.5. The number of rotatable bonds is 8. The summed E-state index contributed by atoms with van der Waals surface area (Å²) < 4.78 is 17.0. The van der Waals surface area contributed by atoms with Gasteiger partial charge in [-0.15, -0.1) is 0 Å². The third-order valence-electron chi connectivity index (χ3n) is 4.65. The van der Waals surface area contributed by atoms with E-state index in [1.165, 1.54) is 38.0 Å². The molecule has 0 unspecified atom stereocenters. The summed E-state index contributed by atoms with van der Waals surface area (Å²) in [5.74, 6) is -0.667. The van der Waals surface area contributed by atoms with Gasteiger partial charge in [-0.05, 0) is 26.8 Å². The normalized spacial score (nSPS) is 10.5. The van der Waals surface area contributed by atoms with E-state index in [1.54, 1.807) is 13.0 Å². The predicted molar refractivity (Wildman–Crippen MR) is 126 cm³/mol. The quantitative estimate of drug-likeness (QED) is 0.462. The minimum Gasteiger partial charge on any atom is -0.493 e. The Kier molecular flexibility index (Phi) is 7.64. The number of hydrogen-bond acceptors (Lipinski definition) is 9. The van der Waals surface area contributed by atoms with Gasteiger partial charge in [0, 0.05) is 36.5 Å². The first-order chi connectivity index (χ1) is 16.6. The number of esters is 1. The standard InChI is InChI=1S/C23H26N6O6/c1-12-7-13(2)25-23(24-12)29-20(8-14(3)28-29)27-21(31)11-35-22(32)16-9-18(33-5)19(34-6)10-17(16)26-15(4)30/h7-10H,11H2,1-6H3,(H,26,30)(H,27,31). The molecule has 1 aromatic carbocycles. The van der Waals surface area contributed by atoms with Crippen molar-refractivity contribution in [3.05, 3.63) is 46.9 Å². The Labute approximate surface area is 201 Å². The molecule has 2 aromatic heterocycles. The highest BCUT2D eigenvalue weighted by Gasteiger charge is 2.21. The lowest BCUT2D eigenvalue weighted by molar-refractivity contribution is -0.119. The molecule has 0 spiro atoms.